The summed E-state index contributed by atoms with van der Waals surface area (Å²) in [6.07, 6.45) is 0. The van der Waals surface area contributed by atoms with E-state index in [1.54, 1.807) is 16.8 Å². The molecule has 1 N–H and O–H groups in total. The van der Waals surface area contributed by atoms with Crippen molar-refractivity contribution in [3.05, 3.63) is 65.2 Å². The fourth-order valence-corrected chi connectivity index (χ4v) is 2.15. The third-order valence-electron chi connectivity index (χ3n) is 2.92. The van der Waals surface area contributed by atoms with Crippen LogP contribution >= 0.6 is 11.6 Å². The first kappa shape index (κ1) is 13.5. The summed E-state index contributed by atoms with van der Waals surface area (Å²) in [5.74, 6) is 0.141. The highest BCUT2D eigenvalue weighted by Crippen LogP contribution is 2.25. The molecule has 106 valence electrons. The molecule has 0 atom stereocenters. The number of nitrogens with one attached hydrogen (secondary N) is 1. The van der Waals surface area contributed by atoms with Gasteiger partial charge in [-0.15, -0.1) is 5.10 Å². The van der Waals surface area contributed by atoms with E-state index in [1.165, 1.54) is 6.07 Å². The van der Waals surface area contributed by atoms with Crippen molar-refractivity contribution in [2.45, 2.75) is 6.54 Å². The van der Waals surface area contributed by atoms with E-state index in [-0.39, 0.29) is 12.2 Å². The van der Waals surface area contributed by atoms with E-state index in [9.17, 15) is 4.39 Å². The molecule has 0 aliphatic heterocycles. The van der Waals surface area contributed by atoms with Crippen LogP contribution in [-0.4, -0.2) is 20.2 Å². The van der Waals surface area contributed by atoms with E-state index in [4.69, 9.17) is 11.6 Å². The van der Waals surface area contributed by atoms with Gasteiger partial charge >= 0.3 is 0 Å². The second-order valence-electron chi connectivity index (χ2n) is 4.29. The number of hydrogen-bond donors (Lipinski definition) is 1. The van der Waals surface area contributed by atoms with Crippen LogP contribution in [0.15, 0.2) is 48.5 Å². The lowest BCUT2D eigenvalue weighted by molar-refractivity contribution is 0.629. The number of anilines is 1. The number of tetrazole rings is 1. The molecule has 5 nitrogen and oxygen atoms in total. The second kappa shape index (κ2) is 5.88. The maximum absolute atomic E-state index is 13.7. The Labute approximate surface area is 125 Å². The lowest BCUT2D eigenvalue weighted by Gasteiger charge is -2.09. The van der Waals surface area contributed by atoms with Gasteiger partial charge in [-0.2, -0.15) is 4.68 Å². The molecule has 3 rings (SSSR count). The van der Waals surface area contributed by atoms with Crippen LogP contribution in [0.25, 0.3) is 5.69 Å². The number of halogens is 2. The number of nitrogens with zero attached hydrogens (tertiary/aromatic N) is 4. The van der Waals surface area contributed by atoms with Crippen LogP contribution in [0.2, 0.25) is 5.02 Å². The molecule has 0 aliphatic rings. The molecule has 3 aromatic rings. The molecule has 0 bridgehead atoms. The van der Waals surface area contributed by atoms with Crippen molar-refractivity contribution in [3.8, 4) is 5.69 Å². The lowest BCUT2D eigenvalue weighted by Crippen LogP contribution is -2.09. The van der Waals surface area contributed by atoms with Gasteiger partial charge in [0.2, 0.25) is 0 Å². The third-order valence-corrected chi connectivity index (χ3v) is 3.24. The number of rotatable bonds is 4. The summed E-state index contributed by atoms with van der Waals surface area (Å²) in [6, 6.07) is 14.0. The summed E-state index contributed by atoms with van der Waals surface area (Å²) >= 11 is 5.97. The van der Waals surface area contributed by atoms with E-state index >= 15 is 0 Å². The zero-order valence-corrected chi connectivity index (χ0v) is 11.6. The topological polar surface area (TPSA) is 55.6 Å². The highest BCUT2D eigenvalue weighted by molar-refractivity contribution is 6.33. The van der Waals surface area contributed by atoms with Gasteiger partial charge in [-0.3, -0.25) is 0 Å². The Morgan fingerprint density at radius 2 is 1.90 bits per heavy atom. The second-order valence-corrected chi connectivity index (χ2v) is 4.70. The van der Waals surface area contributed by atoms with Gasteiger partial charge in [-0.1, -0.05) is 35.9 Å². The van der Waals surface area contributed by atoms with Gasteiger partial charge in [0.05, 0.1) is 22.9 Å². The van der Waals surface area contributed by atoms with E-state index in [0.717, 1.165) is 5.69 Å². The average molecular weight is 304 g/mol. The van der Waals surface area contributed by atoms with Gasteiger partial charge in [0.15, 0.2) is 5.82 Å². The molecule has 0 aliphatic carbocycles. The fraction of sp³-hybridized carbons (Fsp3) is 0.0714. The first-order valence-electron chi connectivity index (χ1n) is 6.26. The van der Waals surface area contributed by atoms with Crippen LogP contribution in [0.3, 0.4) is 0 Å². The lowest BCUT2D eigenvalue weighted by atomic mass is 10.3. The van der Waals surface area contributed by atoms with E-state index in [2.05, 4.69) is 20.8 Å². The first-order valence-corrected chi connectivity index (χ1v) is 6.64. The molecular formula is C14H11ClFN5. The minimum absolute atomic E-state index is 0.238. The Bertz CT molecular complexity index is 724. The molecule has 1 heterocycles. The summed E-state index contributed by atoms with van der Waals surface area (Å²) in [5, 5.41) is 14.8. The average Bonchev–Trinajstić information content (AvgIpc) is 2.96. The fourth-order valence-electron chi connectivity index (χ4n) is 1.92. The molecule has 0 spiro atoms. The third kappa shape index (κ3) is 2.85. The maximum atomic E-state index is 13.7. The Balaban J connectivity index is 1.83. The summed E-state index contributed by atoms with van der Waals surface area (Å²) < 4.78 is 15.3. The number of hydrogen-bond acceptors (Lipinski definition) is 4. The molecule has 0 saturated heterocycles. The van der Waals surface area contributed by atoms with Crippen LogP contribution in [-0.2, 0) is 6.54 Å². The predicted molar refractivity (Wildman–Crippen MR) is 77.9 cm³/mol. The zero-order valence-electron chi connectivity index (χ0n) is 10.9. The van der Waals surface area contributed by atoms with E-state index in [0.29, 0.717) is 10.8 Å². The number of aromatic nitrogens is 4. The van der Waals surface area contributed by atoms with E-state index in [1.807, 2.05) is 30.3 Å². The largest absolute Gasteiger partial charge is 0.374 e. The minimum atomic E-state index is -0.416. The van der Waals surface area contributed by atoms with Gasteiger partial charge in [0.25, 0.3) is 0 Å². The summed E-state index contributed by atoms with van der Waals surface area (Å²) in [4.78, 5) is 0. The quantitative estimate of drug-likeness (QED) is 0.805. The van der Waals surface area contributed by atoms with Crippen molar-refractivity contribution in [3.63, 3.8) is 0 Å². The van der Waals surface area contributed by atoms with Gasteiger partial charge in [-0.25, -0.2) is 4.39 Å². The monoisotopic (exact) mass is 303 g/mol. The van der Waals surface area contributed by atoms with Gasteiger partial charge < -0.3 is 5.32 Å². The number of para-hydroxylation sites is 2. The normalized spacial score (nSPS) is 10.6. The van der Waals surface area contributed by atoms with Crippen molar-refractivity contribution in [2.75, 3.05) is 5.32 Å². The summed E-state index contributed by atoms with van der Waals surface area (Å²) in [6.45, 7) is 0.253. The molecule has 1 aromatic heterocycles. The Morgan fingerprint density at radius 3 is 2.67 bits per heavy atom. The Hall–Kier alpha value is -2.47. The maximum Gasteiger partial charge on any atom is 0.175 e. The molecule has 0 fully saturated rings. The van der Waals surface area contributed by atoms with Crippen molar-refractivity contribution >= 4 is 17.3 Å². The van der Waals surface area contributed by atoms with Crippen LogP contribution in [0, 0.1) is 5.82 Å². The van der Waals surface area contributed by atoms with Crippen LogP contribution in [0.5, 0.6) is 0 Å². The van der Waals surface area contributed by atoms with Crippen molar-refractivity contribution in [1.82, 2.24) is 20.2 Å². The highest BCUT2D eigenvalue weighted by Gasteiger charge is 2.11. The van der Waals surface area contributed by atoms with Crippen molar-refractivity contribution < 1.29 is 4.39 Å². The molecule has 2 aromatic carbocycles. The molecule has 0 radical (unpaired) electrons. The van der Waals surface area contributed by atoms with Gasteiger partial charge in [0.1, 0.15) is 5.82 Å². The zero-order chi connectivity index (χ0) is 14.7. The highest BCUT2D eigenvalue weighted by atomic mass is 35.5. The summed E-state index contributed by atoms with van der Waals surface area (Å²) in [7, 11) is 0. The van der Waals surface area contributed by atoms with Gasteiger partial charge in [-0.05, 0) is 34.7 Å². The first-order chi connectivity index (χ1) is 10.3. The summed E-state index contributed by atoms with van der Waals surface area (Å²) in [5.41, 5.74) is 1.07. The van der Waals surface area contributed by atoms with Crippen molar-refractivity contribution in [2.24, 2.45) is 0 Å². The minimum Gasteiger partial charge on any atom is -0.374 e. The van der Waals surface area contributed by atoms with Crippen LogP contribution in [0.1, 0.15) is 5.82 Å². The Morgan fingerprint density at radius 1 is 1.10 bits per heavy atom. The molecule has 0 amide bonds. The predicted octanol–water partition coefficient (Wildman–Crippen LogP) is 3.07. The van der Waals surface area contributed by atoms with Crippen LogP contribution in [0.4, 0.5) is 10.1 Å². The Kier molecular flexibility index (Phi) is 3.79. The molecule has 0 unspecified atom stereocenters. The molecule has 21 heavy (non-hydrogen) atoms. The molecule has 7 heteroatoms. The number of benzene rings is 2. The molecule has 0 saturated carbocycles. The SMILES string of the molecule is Fc1cccc(Cl)c1NCc1nnnn1-c1ccccc1. The smallest absolute Gasteiger partial charge is 0.175 e. The van der Waals surface area contributed by atoms with Gasteiger partial charge in [0, 0.05) is 0 Å². The standard InChI is InChI=1S/C14H11ClFN5/c15-11-7-4-8-12(16)14(11)17-9-13-18-19-20-21(13)10-5-2-1-3-6-10/h1-8,17H,9H2. The van der Waals surface area contributed by atoms with Crippen molar-refractivity contribution in [1.29, 1.82) is 0 Å². The van der Waals surface area contributed by atoms with E-state index < -0.39 is 5.82 Å². The molecular weight excluding hydrogens is 293 g/mol. The van der Waals surface area contributed by atoms with Crippen LogP contribution < -0.4 is 5.32 Å².